The van der Waals surface area contributed by atoms with Gasteiger partial charge in [-0.3, -0.25) is 14.5 Å². The largest absolute Gasteiger partial charge is 0.329 e. The van der Waals surface area contributed by atoms with Gasteiger partial charge in [0.2, 0.25) is 5.91 Å². The first-order chi connectivity index (χ1) is 17.7. The average molecular weight is 563 g/mol. The van der Waals surface area contributed by atoms with Crippen LogP contribution in [0.3, 0.4) is 0 Å². The average Bonchev–Trinajstić information content (AvgIpc) is 3.21. The number of sulfonamides is 1. The molecule has 2 heterocycles. The Morgan fingerprint density at radius 1 is 1.08 bits per heavy atom. The monoisotopic (exact) mass is 562 g/mol. The standard InChI is InChI=1S/C28H38N4O4S.ClH/c1-20(2)17-25(27(33)30-37(35,36)24-11-7-4-8-12-24)31-16-15-23(14-13-21-9-5-3-6-10-21)32-19-22(29)18-26(32)28(31)34;/h3-12,20,22-23,25-26H,13-19,29H2,1-2H3,(H,30,33);1H/t22-,23?,25-,26+;/m1./s1. The number of nitrogens with two attached hydrogens (primary N) is 1. The maximum atomic E-state index is 13.9. The van der Waals surface area contributed by atoms with Crippen LogP contribution in [0.25, 0.3) is 0 Å². The highest BCUT2D eigenvalue weighted by molar-refractivity contribution is 7.90. The number of nitrogens with zero attached hydrogens (tertiary/aromatic N) is 2. The van der Waals surface area contributed by atoms with E-state index in [4.69, 9.17) is 5.73 Å². The van der Waals surface area contributed by atoms with Crippen molar-refractivity contribution in [2.75, 3.05) is 13.1 Å². The molecule has 0 radical (unpaired) electrons. The molecule has 2 saturated heterocycles. The highest BCUT2D eigenvalue weighted by atomic mass is 35.5. The molecule has 2 amide bonds. The van der Waals surface area contributed by atoms with E-state index in [0.29, 0.717) is 32.4 Å². The van der Waals surface area contributed by atoms with Crippen molar-refractivity contribution in [1.29, 1.82) is 0 Å². The van der Waals surface area contributed by atoms with Crippen molar-refractivity contribution in [3.8, 4) is 0 Å². The Balaban J connectivity index is 0.00000400. The van der Waals surface area contributed by atoms with E-state index in [1.54, 1.807) is 23.1 Å². The normalized spacial score (nSPS) is 22.9. The molecule has 2 aliphatic rings. The lowest BCUT2D eigenvalue weighted by Crippen LogP contribution is -2.54. The van der Waals surface area contributed by atoms with Crippen molar-refractivity contribution < 1.29 is 18.0 Å². The Labute approximate surface area is 232 Å². The third-order valence-electron chi connectivity index (χ3n) is 7.38. The van der Waals surface area contributed by atoms with Crippen molar-refractivity contribution in [3.63, 3.8) is 0 Å². The molecular weight excluding hydrogens is 524 g/mol. The molecule has 4 rings (SSSR count). The molecule has 0 bridgehead atoms. The quantitative estimate of drug-likeness (QED) is 0.486. The van der Waals surface area contributed by atoms with E-state index < -0.39 is 28.0 Å². The molecule has 0 spiro atoms. The second-order valence-corrected chi connectivity index (χ2v) is 12.3. The molecule has 4 atom stereocenters. The van der Waals surface area contributed by atoms with Crippen molar-refractivity contribution in [2.24, 2.45) is 11.7 Å². The topological polar surface area (TPSA) is 113 Å². The number of amides is 2. The molecule has 8 nitrogen and oxygen atoms in total. The Hall–Kier alpha value is -2.46. The molecule has 2 aromatic rings. The molecule has 2 aromatic carbocycles. The van der Waals surface area contributed by atoms with E-state index in [2.05, 4.69) is 21.8 Å². The van der Waals surface area contributed by atoms with Gasteiger partial charge >= 0.3 is 0 Å². The van der Waals surface area contributed by atoms with Gasteiger partial charge in [0.05, 0.1) is 10.9 Å². The van der Waals surface area contributed by atoms with Crippen LogP contribution in [0.15, 0.2) is 65.6 Å². The van der Waals surface area contributed by atoms with Crippen LogP contribution in [0.2, 0.25) is 0 Å². The van der Waals surface area contributed by atoms with Crippen LogP contribution < -0.4 is 10.5 Å². The summed E-state index contributed by atoms with van der Waals surface area (Å²) in [6, 6.07) is 16.9. The molecule has 3 N–H and O–H groups in total. The van der Waals surface area contributed by atoms with Gasteiger partial charge < -0.3 is 10.6 Å². The highest BCUT2D eigenvalue weighted by Gasteiger charge is 2.46. The van der Waals surface area contributed by atoms with E-state index in [1.807, 2.05) is 32.0 Å². The van der Waals surface area contributed by atoms with Gasteiger partial charge in [0, 0.05) is 25.2 Å². The van der Waals surface area contributed by atoms with Gasteiger partial charge in [-0.05, 0) is 55.7 Å². The maximum absolute atomic E-state index is 13.9. The van der Waals surface area contributed by atoms with E-state index in [-0.39, 0.29) is 41.2 Å². The summed E-state index contributed by atoms with van der Waals surface area (Å²) in [7, 11) is -4.05. The second-order valence-electron chi connectivity index (χ2n) is 10.6. The van der Waals surface area contributed by atoms with Gasteiger partial charge in [0.1, 0.15) is 6.04 Å². The molecule has 2 aliphatic heterocycles. The summed E-state index contributed by atoms with van der Waals surface area (Å²) in [5.41, 5.74) is 7.56. The van der Waals surface area contributed by atoms with Crippen LogP contribution in [0.1, 0.15) is 45.1 Å². The first-order valence-corrected chi connectivity index (χ1v) is 14.6. The predicted octanol–water partition coefficient (Wildman–Crippen LogP) is 2.96. The molecule has 1 unspecified atom stereocenters. The number of halogens is 1. The van der Waals surface area contributed by atoms with E-state index >= 15 is 0 Å². The fourth-order valence-electron chi connectivity index (χ4n) is 5.58. The summed E-state index contributed by atoms with van der Waals surface area (Å²) in [6.45, 7) is 4.98. The summed E-state index contributed by atoms with van der Waals surface area (Å²) < 4.78 is 28.0. The summed E-state index contributed by atoms with van der Waals surface area (Å²) >= 11 is 0. The minimum absolute atomic E-state index is 0. The number of benzene rings is 2. The van der Waals surface area contributed by atoms with Crippen molar-refractivity contribution in [1.82, 2.24) is 14.5 Å². The van der Waals surface area contributed by atoms with Crippen LogP contribution in [0.5, 0.6) is 0 Å². The molecule has 0 aliphatic carbocycles. The number of carbonyl (C=O) groups excluding carboxylic acids is 2. The first-order valence-electron chi connectivity index (χ1n) is 13.1. The fraction of sp³-hybridized carbons (Fsp3) is 0.500. The summed E-state index contributed by atoms with van der Waals surface area (Å²) in [6.07, 6.45) is 3.39. The lowest BCUT2D eigenvalue weighted by molar-refractivity contribution is -0.142. The van der Waals surface area contributed by atoms with Crippen LogP contribution in [0.4, 0.5) is 0 Å². The lowest BCUT2D eigenvalue weighted by Gasteiger charge is -2.33. The Morgan fingerprint density at radius 2 is 1.71 bits per heavy atom. The molecule has 2 fully saturated rings. The molecular formula is C28H39ClN4O4S. The number of nitrogens with one attached hydrogen (secondary N) is 1. The minimum Gasteiger partial charge on any atom is -0.329 e. The minimum atomic E-state index is -4.05. The maximum Gasteiger partial charge on any atom is 0.264 e. The summed E-state index contributed by atoms with van der Waals surface area (Å²) in [4.78, 5) is 31.2. The number of aryl methyl sites for hydroxylation is 1. The lowest BCUT2D eigenvalue weighted by atomic mass is 10.00. The van der Waals surface area contributed by atoms with Gasteiger partial charge in [-0.1, -0.05) is 62.4 Å². The zero-order valence-electron chi connectivity index (χ0n) is 22.0. The van der Waals surface area contributed by atoms with Gasteiger partial charge in [0.15, 0.2) is 0 Å². The molecule has 0 aromatic heterocycles. The van der Waals surface area contributed by atoms with E-state index in [9.17, 15) is 18.0 Å². The van der Waals surface area contributed by atoms with Gasteiger partial charge in [0.25, 0.3) is 15.9 Å². The van der Waals surface area contributed by atoms with Crippen molar-refractivity contribution >= 4 is 34.2 Å². The number of carbonyl (C=O) groups is 2. The zero-order chi connectivity index (χ0) is 26.6. The number of rotatable bonds is 9. The second kappa shape index (κ2) is 13.1. The number of fused-ring (bicyclic) bond motifs is 1. The molecule has 10 heteroatoms. The highest BCUT2D eigenvalue weighted by Crippen LogP contribution is 2.30. The molecule has 0 saturated carbocycles. The van der Waals surface area contributed by atoms with Crippen LogP contribution in [0, 0.1) is 5.92 Å². The summed E-state index contributed by atoms with van der Waals surface area (Å²) in [5, 5.41) is 0. The SMILES string of the molecule is CC(C)C[C@H](C(=O)NS(=O)(=O)c1ccccc1)N1CCC(CCc2ccccc2)N2C[C@H](N)C[C@H]2C1=O.Cl. The van der Waals surface area contributed by atoms with Gasteiger partial charge in [-0.2, -0.15) is 0 Å². The first kappa shape index (κ1) is 30.1. The Morgan fingerprint density at radius 3 is 2.34 bits per heavy atom. The number of hydrogen-bond acceptors (Lipinski definition) is 6. The van der Waals surface area contributed by atoms with E-state index in [0.717, 1.165) is 12.8 Å². The van der Waals surface area contributed by atoms with Crippen LogP contribution >= 0.6 is 12.4 Å². The van der Waals surface area contributed by atoms with Gasteiger partial charge in [-0.25, -0.2) is 13.1 Å². The van der Waals surface area contributed by atoms with Crippen LogP contribution in [-0.4, -0.2) is 67.3 Å². The third kappa shape index (κ3) is 7.14. The van der Waals surface area contributed by atoms with Crippen molar-refractivity contribution in [3.05, 3.63) is 66.2 Å². The van der Waals surface area contributed by atoms with E-state index in [1.165, 1.54) is 17.7 Å². The molecule has 208 valence electrons. The third-order valence-corrected chi connectivity index (χ3v) is 8.75. The predicted molar refractivity (Wildman–Crippen MR) is 150 cm³/mol. The van der Waals surface area contributed by atoms with Crippen LogP contribution in [-0.2, 0) is 26.0 Å². The fourth-order valence-corrected chi connectivity index (χ4v) is 6.61. The smallest absolute Gasteiger partial charge is 0.264 e. The molecule has 38 heavy (non-hydrogen) atoms. The van der Waals surface area contributed by atoms with Crippen molar-refractivity contribution in [2.45, 2.75) is 75.0 Å². The van der Waals surface area contributed by atoms with Gasteiger partial charge in [-0.15, -0.1) is 12.4 Å². The number of hydrogen-bond donors (Lipinski definition) is 2. The zero-order valence-corrected chi connectivity index (χ0v) is 23.7. The Bertz CT molecular complexity index is 1180. The summed E-state index contributed by atoms with van der Waals surface area (Å²) in [5.74, 6) is -0.711. The Kier molecular flexibility index (Phi) is 10.3.